The zero-order valence-corrected chi connectivity index (χ0v) is 10.7. The lowest BCUT2D eigenvalue weighted by atomic mass is 10.1. The molecule has 0 N–H and O–H groups in total. The molecule has 4 heteroatoms. The minimum atomic E-state index is 0.669. The Balaban J connectivity index is 2.89. The Labute approximate surface area is 101 Å². The normalized spacial score (nSPS) is 10.7. The molecule has 0 atom stereocenters. The second-order valence-corrected chi connectivity index (χ2v) is 4.52. The molecule has 0 spiro atoms. The standard InChI is InChI=1S/C11H9BrClNO/c1-6-3-7-10(13)8(12)5-14-11(7)9(4-6)15-2/h3-5H,1-2H3. The van der Waals surface area contributed by atoms with Crippen molar-refractivity contribution in [1.82, 2.24) is 4.98 Å². The summed E-state index contributed by atoms with van der Waals surface area (Å²) in [7, 11) is 1.63. The summed E-state index contributed by atoms with van der Waals surface area (Å²) in [5.41, 5.74) is 1.89. The minimum absolute atomic E-state index is 0.669. The zero-order chi connectivity index (χ0) is 11.0. The van der Waals surface area contributed by atoms with E-state index in [-0.39, 0.29) is 0 Å². The monoisotopic (exact) mass is 285 g/mol. The third kappa shape index (κ3) is 1.82. The molecule has 0 fully saturated rings. The maximum Gasteiger partial charge on any atom is 0.145 e. The predicted molar refractivity (Wildman–Crippen MR) is 65.7 cm³/mol. The summed E-state index contributed by atoms with van der Waals surface area (Å²) < 4.78 is 6.06. The molecule has 2 aromatic rings. The summed E-state index contributed by atoms with van der Waals surface area (Å²) >= 11 is 9.54. The van der Waals surface area contributed by atoms with Crippen molar-refractivity contribution in [2.45, 2.75) is 6.92 Å². The van der Waals surface area contributed by atoms with Crippen LogP contribution in [-0.2, 0) is 0 Å². The second kappa shape index (κ2) is 3.99. The number of rotatable bonds is 1. The topological polar surface area (TPSA) is 22.1 Å². The summed E-state index contributed by atoms with van der Waals surface area (Å²) in [4.78, 5) is 4.30. The summed E-state index contributed by atoms with van der Waals surface area (Å²) in [6.07, 6.45) is 1.68. The second-order valence-electron chi connectivity index (χ2n) is 3.28. The highest BCUT2D eigenvalue weighted by atomic mass is 79.9. The van der Waals surface area contributed by atoms with Gasteiger partial charge in [-0.25, -0.2) is 0 Å². The molecule has 0 bridgehead atoms. The van der Waals surface area contributed by atoms with Gasteiger partial charge in [-0.2, -0.15) is 0 Å². The molecule has 78 valence electrons. The van der Waals surface area contributed by atoms with E-state index >= 15 is 0 Å². The number of nitrogens with zero attached hydrogens (tertiary/aromatic N) is 1. The molecule has 0 radical (unpaired) electrons. The highest BCUT2D eigenvalue weighted by Crippen LogP contribution is 2.34. The number of aryl methyl sites for hydroxylation is 1. The molecule has 15 heavy (non-hydrogen) atoms. The van der Waals surface area contributed by atoms with E-state index < -0.39 is 0 Å². The van der Waals surface area contributed by atoms with Crippen molar-refractivity contribution in [2.75, 3.05) is 7.11 Å². The van der Waals surface area contributed by atoms with E-state index in [0.717, 1.165) is 26.7 Å². The number of pyridine rings is 1. The number of halogens is 2. The van der Waals surface area contributed by atoms with Gasteiger partial charge in [-0.05, 0) is 40.5 Å². The van der Waals surface area contributed by atoms with Gasteiger partial charge in [-0.1, -0.05) is 11.6 Å². The van der Waals surface area contributed by atoms with E-state index in [2.05, 4.69) is 20.9 Å². The van der Waals surface area contributed by atoms with Crippen molar-refractivity contribution < 1.29 is 4.74 Å². The number of fused-ring (bicyclic) bond motifs is 1. The lowest BCUT2D eigenvalue weighted by molar-refractivity contribution is 0.418. The maximum absolute atomic E-state index is 6.18. The lowest BCUT2D eigenvalue weighted by Gasteiger charge is -2.08. The van der Waals surface area contributed by atoms with Crippen LogP contribution >= 0.6 is 27.5 Å². The highest BCUT2D eigenvalue weighted by molar-refractivity contribution is 9.10. The van der Waals surface area contributed by atoms with Gasteiger partial charge in [-0.3, -0.25) is 4.98 Å². The van der Waals surface area contributed by atoms with Gasteiger partial charge in [-0.15, -0.1) is 0 Å². The van der Waals surface area contributed by atoms with Gasteiger partial charge in [0.1, 0.15) is 11.3 Å². The number of hydrogen-bond acceptors (Lipinski definition) is 2. The summed E-state index contributed by atoms with van der Waals surface area (Å²) in [6.45, 7) is 2.00. The van der Waals surface area contributed by atoms with E-state index in [4.69, 9.17) is 16.3 Å². The van der Waals surface area contributed by atoms with Gasteiger partial charge in [0.25, 0.3) is 0 Å². The van der Waals surface area contributed by atoms with Gasteiger partial charge < -0.3 is 4.74 Å². The lowest BCUT2D eigenvalue weighted by Crippen LogP contribution is -1.90. The Morgan fingerprint density at radius 2 is 2.13 bits per heavy atom. The van der Waals surface area contributed by atoms with Crippen LogP contribution in [0.1, 0.15) is 5.56 Å². The third-order valence-electron chi connectivity index (χ3n) is 2.19. The fraction of sp³-hybridized carbons (Fsp3) is 0.182. The van der Waals surface area contributed by atoms with E-state index in [1.165, 1.54) is 0 Å². The first-order valence-corrected chi connectivity index (χ1v) is 5.59. The summed E-state index contributed by atoms with van der Waals surface area (Å²) in [6, 6.07) is 3.94. The van der Waals surface area contributed by atoms with Crippen LogP contribution in [0.5, 0.6) is 5.75 Å². The Hall–Kier alpha value is -0.800. The van der Waals surface area contributed by atoms with Crippen molar-refractivity contribution in [3.63, 3.8) is 0 Å². The molecule has 0 aliphatic rings. The number of aromatic nitrogens is 1. The minimum Gasteiger partial charge on any atom is -0.494 e. The van der Waals surface area contributed by atoms with Crippen LogP contribution in [-0.4, -0.2) is 12.1 Å². The third-order valence-corrected chi connectivity index (χ3v) is 3.43. The molecule has 2 nitrogen and oxygen atoms in total. The molecule has 1 aromatic heterocycles. The van der Waals surface area contributed by atoms with Crippen molar-refractivity contribution in [2.24, 2.45) is 0 Å². The SMILES string of the molecule is COc1cc(C)cc2c(Cl)c(Br)cnc12. The predicted octanol–water partition coefficient (Wildman–Crippen LogP) is 3.97. The quantitative estimate of drug-likeness (QED) is 0.791. The van der Waals surface area contributed by atoms with E-state index in [1.54, 1.807) is 13.3 Å². The Kier molecular flexibility index (Phi) is 2.85. The first-order valence-electron chi connectivity index (χ1n) is 4.42. The molecule has 0 saturated heterocycles. The van der Waals surface area contributed by atoms with Crippen molar-refractivity contribution in [3.8, 4) is 5.75 Å². The largest absolute Gasteiger partial charge is 0.494 e. The Morgan fingerprint density at radius 3 is 2.80 bits per heavy atom. The molecule has 0 aliphatic carbocycles. The molecular formula is C11H9BrClNO. The van der Waals surface area contributed by atoms with Crippen LogP contribution in [0.2, 0.25) is 5.02 Å². The van der Waals surface area contributed by atoms with Crippen LogP contribution in [0.25, 0.3) is 10.9 Å². The van der Waals surface area contributed by atoms with Gasteiger partial charge in [0, 0.05) is 11.6 Å². The molecule has 0 unspecified atom stereocenters. The van der Waals surface area contributed by atoms with Crippen LogP contribution in [0.3, 0.4) is 0 Å². The van der Waals surface area contributed by atoms with E-state index in [9.17, 15) is 0 Å². The molecule has 0 aliphatic heterocycles. The van der Waals surface area contributed by atoms with E-state index in [0.29, 0.717) is 5.02 Å². The van der Waals surface area contributed by atoms with Crippen molar-refractivity contribution in [1.29, 1.82) is 0 Å². The highest BCUT2D eigenvalue weighted by Gasteiger charge is 2.09. The van der Waals surface area contributed by atoms with E-state index in [1.807, 2.05) is 19.1 Å². The molecule has 2 rings (SSSR count). The van der Waals surface area contributed by atoms with Gasteiger partial charge in [0.05, 0.1) is 16.6 Å². The van der Waals surface area contributed by atoms with Gasteiger partial charge >= 0.3 is 0 Å². The van der Waals surface area contributed by atoms with Gasteiger partial charge in [0.15, 0.2) is 0 Å². The summed E-state index contributed by atoms with van der Waals surface area (Å²) in [5, 5.41) is 1.57. The van der Waals surface area contributed by atoms with Crippen molar-refractivity contribution >= 4 is 38.4 Å². The van der Waals surface area contributed by atoms with Crippen LogP contribution in [0.15, 0.2) is 22.8 Å². The number of hydrogen-bond donors (Lipinski definition) is 0. The average molecular weight is 287 g/mol. The first kappa shape index (κ1) is 10.7. The first-order chi connectivity index (χ1) is 7.13. The van der Waals surface area contributed by atoms with Crippen LogP contribution in [0.4, 0.5) is 0 Å². The number of ether oxygens (including phenoxy) is 1. The fourth-order valence-electron chi connectivity index (χ4n) is 1.51. The average Bonchev–Trinajstić information content (AvgIpc) is 2.23. The maximum atomic E-state index is 6.18. The Bertz CT molecular complexity index is 527. The molecule has 0 saturated carbocycles. The molecule has 1 aromatic carbocycles. The summed E-state index contributed by atoms with van der Waals surface area (Å²) in [5.74, 6) is 0.749. The molecule has 1 heterocycles. The zero-order valence-electron chi connectivity index (χ0n) is 8.34. The number of methoxy groups -OCH3 is 1. The Morgan fingerprint density at radius 1 is 1.40 bits per heavy atom. The molecular weight excluding hydrogens is 277 g/mol. The van der Waals surface area contributed by atoms with Crippen LogP contribution < -0.4 is 4.74 Å². The van der Waals surface area contributed by atoms with Crippen molar-refractivity contribution in [3.05, 3.63) is 33.4 Å². The molecule has 0 amide bonds. The number of benzene rings is 1. The van der Waals surface area contributed by atoms with Crippen LogP contribution in [0, 0.1) is 6.92 Å². The van der Waals surface area contributed by atoms with Gasteiger partial charge in [0.2, 0.25) is 0 Å². The smallest absolute Gasteiger partial charge is 0.145 e. The fourth-order valence-corrected chi connectivity index (χ4v) is 2.02.